The van der Waals surface area contributed by atoms with E-state index in [1.807, 2.05) is 43.3 Å². The molecule has 0 saturated heterocycles. The predicted octanol–water partition coefficient (Wildman–Crippen LogP) is 5.04. The van der Waals surface area contributed by atoms with Gasteiger partial charge in [-0.05, 0) is 67.1 Å². The summed E-state index contributed by atoms with van der Waals surface area (Å²) in [6, 6.07) is 18.1. The molecule has 1 N–H and O–H groups in total. The molecule has 0 atom stereocenters. The van der Waals surface area contributed by atoms with E-state index >= 15 is 0 Å². The number of nitrogens with one attached hydrogen (secondary N) is 1. The number of carbonyl (C=O) groups excluding carboxylic acids is 1. The molecule has 0 aliphatic carbocycles. The Morgan fingerprint density at radius 2 is 1.97 bits per heavy atom. The monoisotopic (exact) mass is 522 g/mol. The van der Waals surface area contributed by atoms with E-state index in [1.54, 1.807) is 36.6 Å². The summed E-state index contributed by atoms with van der Waals surface area (Å²) < 4.78 is 7.67. The van der Waals surface area contributed by atoms with Crippen LogP contribution in [0.2, 0.25) is 0 Å². The van der Waals surface area contributed by atoms with Gasteiger partial charge in [0, 0.05) is 4.47 Å². The van der Waals surface area contributed by atoms with E-state index in [4.69, 9.17) is 4.42 Å². The van der Waals surface area contributed by atoms with Crippen molar-refractivity contribution in [3.05, 3.63) is 93.1 Å². The van der Waals surface area contributed by atoms with Gasteiger partial charge in [-0.3, -0.25) is 14.2 Å². The second-order valence-electron chi connectivity index (χ2n) is 7.01. The van der Waals surface area contributed by atoms with Crippen LogP contribution in [0.25, 0.3) is 22.7 Å². The molecule has 33 heavy (non-hydrogen) atoms. The number of furan rings is 1. The molecule has 0 bridgehead atoms. The van der Waals surface area contributed by atoms with Crippen LogP contribution in [-0.2, 0) is 4.79 Å². The molecule has 0 unspecified atom stereocenters. The van der Waals surface area contributed by atoms with Gasteiger partial charge in [0.25, 0.3) is 11.5 Å². The second-order valence-corrected chi connectivity index (χ2v) is 8.87. The fraction of sp³-hybridized carbons (Fsp3) is 0.0833. The SMILES string of the molecule is CC(/C=N/NC(=O)CSc1nc2ccccc2c(=O)n1-c1ccc(Br)cc1)=C\c1ccco1. The van der Waals surface area contributed by atoms with Crippen LogP contribution in [0.5, 0.6) is 0 Å². The Bertz CT molecular complexity index is 1390. The van der Waals surface area contributed by atoms with Gasteiger partial charge < -0.3 is 4.42 Å². The lowest BCUT2D eigenvalue weighted by atomic mass is 10.2. The zero-order valence-corrected chi connectivity index (χ0v) is 20.0. The number of para-hydroxylation sites is 1. The van der Waals surface area contributed by atoms with E-state index in [-0.39, 0.29) is 17.2 Å². The summed E-state index contributed by atoms with van der Waals surface area (Å²) in [5, 5.41) is 4.92. The fourth-order valence-corrected chi connectivity index (χ4v) is 4.10. The molecule has 0 aliphatic rings. The molecule has 2 aromatic heterocycles. The fourth-order valence-electron chi connectivity index (χ4n) is 3.03. The standard InChI is InChI=1S/C24H19BrN4O3S/c1-16(13-19-5-4-12-32-19)14-26-28-22(30)15-33-24-27-21-7-3-2-6-20(21)23(31)29(24)18-10-8-17(25)9-11-18/h2-14H,15H2,1H3,(H,28,30)/b16-13+,26-14+. The molecule has 1 amide bonds. The minimum Gasteiger partial charge on any atom is -0.465 e. The molecule has 9 heteroatoms. The highest BCUT2D eigenvalue weighted by Gasteiger charge is 2.14. The van der Waals surface area contributed by atoms with Gasteiger partial charge in [-0.2, -0.15) is 5.10 Å². The first-order valence-corrected chi connectivity index (χ1v) is 11.7. The van der Waals surface area contributed by atoms with Crippen molar-refractivity contribution in [3.63, 3.8) is 0 Å². The highest BCUT2D eigenvalue weighted by atomic mass is 79.9. The van der Waals surface area contributed by atoms with E-state index in [0.717, 1.165) is 10.0 Å². The van der Waals surface area contributed by atoms with Crippen molar-refractivity contribution in [1.82, 2.24) is 15.0 Å². The number of hydrazone groups is 1. The van der Waals surface area contributed by atoms with Crippen LogP contribution in [0.3, 0.4) is 0 Å². The Kier molecular flexibility index (Phi) is 7.21. The van der Waals surface area contributed by atoms with Crippen LogP contribution in [0.1, 0.15) is 12.7 Å². The number of halogens is 1. The number of hydrogen-bond donors (Lipinski definition) is 1. The molecule has 2 heterocycles. The molecular weight excluding hydrogens is 504 g/mol. The number of thioether (sulfide) groups is 1. The summed E-state index contributed by atoms with van der Waals surface area (Å²) in [7, 11) is 0. The van der Waals surface area contributed by atoms with Crippen molar-refractivity contribution in [2.24, 2.45) is 5.10 Å². The molecule has 0 fully saturated rings. The summed E-state index contributed by atoms with van der Waals surface area (Å²) in [4.78, 5) is 30.2. The van der Waals surface area contributed by atoms with E-state index < -0.39 is 0 Å². The molecule has 0 spiro atoms. The number of aromatic nitrogens is 2. The maximum Gasteiger partial charge on any atom is 0.266 e. The zero-order chi connectivity index (χ0) is 23.2. The predicted molar refractivity (Wildman–Crippen MR) is 135 cm³/mol. The topological polar surface area (TPSA) is 89.5 Å². The van der Waals surface area contributed by atoms with Crippen LogP contribution in [-0.4, -0.2) is 27.4 Å². The lowest BCUT2D eigenvalue weighted by Crippen LogP contribution is -2.24. The van der Waals surface area contributed by atoms with Crippen molar-refractivity contribution in [2.75, 3.05) is 5.75 Å². The number of fused-ring (bicyclic) bond motifs is 1. The van der Waals surface area contributed by atoms with Crippen LogP contribution in [0.15, 0.2) is 96.4 Å². The van der Waals surface area contributed by atoms with E-state index in [0.29, 0.717) is 27.5 Å². The summed E-state index contributed by atoms with van der Waals surface area (Å²) in [5.41, 5.74) is 4.37. The van der Waals surface area contributed by atoms with Crippen LogP contribution < -0.4 is 11.0 Å². The van der Waals surface area contributed by atoms with Crippen LogP contribution >= 0.6 is 27.7 Å². The summed E-state index contributed by atoms with van der Waals surface area (Å²) in [5.74, 6) is 0.431. The van der Waals surface area contributed by atoms with Crippen molar-refractivity contribution in [3.8, 4) is 5.69 Å². The largest absolute Gasteiger partial charge is 0.465 e. The summed E-state index contributed by atoms with van der Waals surface area (Å²) in [6.45, 7) is 1.85. The molecule has 0 radical (unpaired) electrons. The Balaban J connectivity index is 1.52. The van der Waals surface area contributed by atoms with E-state index in [1.165, 1.54) is 22.5 Å². The number of rotatable bonds is 7. The average Bonchev–Trinajstić information content (AvgIpc) is 3.31. The highest BCUT2D eigenvalue weighted by Crippen LogP contribution is 2.22. The lowest BCUT2D eigenvalue weighted by molar-refractivity contribution is -0.118. The van der Waals surface area contributed by atoms with Crippen molar-refractivity contribution < 1.29 is 9.21 Å². The molecule has 166 valence electrons. The van der Waals surface area contributed by atoms with Crippen LogP contribution in [0.4, 0.5) is 0 Å². The maximum absolute atomic E-state index is 13.2. The first kappa shape index (κ1) is 22.8. The average molecular weight is 523 g/mol. The maximum atomic E-state index is 13.2. The molecular formula is C24H19BrN4O3S. The molecule has 7 nitrogen and oxygen atoms in total. The quantitative estimate of drug-likeness (QED) is 0.159. The van der Waals surface area contributed by atoms with Gasteiger partial charge in [-0.1, -0.05) is 39.8 Å². The minimum atomic E-state index is -0.313. The number of hydrogen-bond acceptors (Lipinski definition) is 6. The highest BCUT2D eigenvalue weighted by molar-refractivity contribution is 9.10. The lowest BCUT2D eigenvalue weighted by Gasteiger charge is -2.13. The van der Waals surface area contributed by atoms with Gasteiger partial charge in [-0.15, -0.1) is 0 Å². The van der Waals surface area contributed by atoms with Crippen molar-refractivity contribution in [2.45, 2.75) is 12.1 Å². The molecule has 0 saturated carbocycles. The third kappa shape index (κ3) is 5.68. The first-order valence-electron chi connectivity index (χ1n) is 9.95. The number of carbonyl (C=O) groups is 1. The minimum absolute atomic E-state index is 0.0413. The first-order chi connectivity index (χ1) is 16.0. The van der Waals surface area contributed by atoms with E-state index in [9.17, 15) is 9.59 Å². The normalized spacial score (nSPS) is 11.9. The van der Waals surface area contributed by atoms with Gasteiger partial charge in [0.1, 0.15) is 5.76 Å². The van der Waals surface area contributed by atoms with Gasteiger partial charge in [-0.25, -0.2) is 10.4 Å². The molecule has 4 aromatic rings. The van der Waals surface area contributed by atoms with E-state index in [2.05, 4.69) is 31.4 Å². The smallest absolute Gasteiger partial charge is 0.266 e. The van der Waals surface area contributed by atoms with Crippen molar-refractivity contribution in [1.29, 1.82) is 0 Å². The molecule has 4 rings (SSSR count). The Morgan fingerprint density at radius 3 is 2.73 bits per heavy atom. The Morgan fingerprint density at radius 1 is 1.18 bits per heavy atom. The van der Waals surface area contributed by atoms with Gasteiger partial charge >= 0.3 is 0 Å². The van der Waals surface area contributed by atoms with Crippen molar-refractivity contribution >= 4 is 56.8 Å². The third-order valence-corrected chi connectivity index (χ3v) is 6.00. The van der Waals surface area contributed by atoms with Gasteiger partial charge in [0.2, 0.25) is 0 Å². The number of benzene rings is 2. The zero-order valence-electron chi connectivity index (χ0n) is 17.6. The second kappa shape index (κ2) is 10.5. The number of amides is 1. The summed E-state index contributed by atoms with van der Waals surface area (Å²) >= 11 is 4.58. The van der Waals surface area contributed by atoms with Gasteiger partial charge in [0.15, 0.2) is 5.16 Å². The third-order valence-electron chi connectivity index (χ3n) is 4.53. The van der Waals surface area contributed by atoms with Gasteiger partial charge in [0.05, 0.1) is 34.8 Å². The Labute approximate surface area is 202 Å². The summed E-state index contributed by atoms with van der Waals surface area (Å²) in [6.07, 6.45) is 4.93. The Hall–Kier alpha value is -3.43. The number of allylic oxidation sites excluding steroid dienone is 1. The number of nitrogens with zero attached hydrogens (tertiary/aromatic N) is 3. The molecule has 0 aliphatic heterocycles. The molecule has 2 aromatic carbocycles. The van der Waals surface area contributed by atoms with Crippen LogP contribution in [0, 0.1) is 0 Å².